The molecule has 1 saturated heterocycles. The average Bonchev–Trinajstić information content (AvgIpc) is 3.02. The van der Waals surface area contributed by atoms with Gasteiger partial charge in [0.1, 0.15) is 12.0 Å². The summed E-state index contributed by atoms with van der Waals surface area (Å²) in [5.74, 6) is 0. The van der Waals surface area contributed by atoms with Crippen LogP contribution in [-0.4, -0.2) is 39.1 Å². The molecule has 4 heterocycles. The number of aromatic nitrogens is 4. The lowest BCUT2D eigenvalue weighted by molar-refractivity contribution is 0.480. The Morgan fingerprint density at radius 1 is 1.23 bits per heavy atom. The fraction of sp³-hybridized carbons (Fsp3) is 0.312. The Balaban J connectivity index is 1.76. The van der Waals surface area contributed by atoms with Crippen LogP contribution in [0.2, 0.25) is 0 Å². The molecule has 1 aliphatic rings. The zero-order valence-electron chi connectivity index (χ0n) is 12.2. The third-order valence-corrected chi connectivity index (χ3v) is 4.10. The molecule has 22 heavy (non-hydrogen) atoms. The molecular weight excluding hydrogens is 276 g/mol. The molecule has 6 heteroatoms. The fourth-order valence-corrected chi connectivity index (χ4v) is 3.04. The summed E-state index contributed by atoms with van der Waals surface area (Å²) >= 11 is 0. The maximum Gasteiger partial charge on any atom is 0.139 e. The van der Waals surface area contributed by atoms with E-state index < -0.39 is 0 Å². The van der Waals surface area contributed by atoms with E-state index in [9.17, 15) is 0 Å². The van der Waals surface area contributed by atoms with Crippen LogP contribution in [-0.2, 0) is 0 Å². The van der Waals surface area contributed by atoms with Crippen LogP contribution in [0.5, 0.6) is 0 Å². The SMILES string of the molecule is c1ncc(-c2c[nH]c3nccc(N[C@H]4CCCNC4)c23)cn1. The van der Waals surface area contributed by atoms with Crippen molar-refractivity contribution in [3.05, 3.63) is 37.2 Å². The van der Waals surface area contributed by atoms with Crippen molar-refractivity contribution in [2.75, 3.05) is 18.4 Å². The lowest BCUT2D eigenvalue weighted by Gasteiger charge is -2.25. The van der Waals surface area contributed by atoms with Gasteiger partial charge in [0.25, 0.3) is 0 Å². The van der Waals surface area contributed by atoms with E-state index in [1.165, 1.54) is 12.8 Å². The molecule has 0 aromatic carbocycles. The molecular formula is C16H18N6. The molecule has 0 radical (unpaired) electrons. The zero-order valence-corrected chi connectivity index (χ0v) is 12.2. The minimum atomic E-state index is 0.453. The standard InChI is InChI=1S/C16H18N6/c1-2-12(8-17-4-1)22-14-3-5-20-16-15(14)13(9-21-16)11-6-18-10-19-7-11/h3,5-7,9-10,12,17H,1-2,4,8H2,(H2,20,21,22)/t12-/m0/s1. The van der Waals surface area contributed by atoms with Gasteiger partial charge in [0.15, 0.2) is 0 Å². The van der Waals surface area contributed by atoms with Gasteiger partial charge < -0.3 is 15.6 Å². The predicted molar refractivity (Wildman–Crippen MR) is 86.6 cm³/mol. The van der Waals surface area contributed by atoms with Crippen LogP contribution in [0.1, 0.15) is 12.8 Å². The highest BCUT2D eigenvalue weighted by Gasteiger charge is 2.16. The highest BCUT2D eigenvalue weighted by Crippen LogP contribution is 2.32. The Hall–Kier alpha value is -2.47. The second-order valence-electron chi connectivity index (χ2n) is 5.60. The minimum absolute atomic E-state index is 0.453. The number of nitrogens with one attached hydrogen (secondary N) is 3. The smallest absolute Gasteiger partial charge is 0.139 e. The monoisotopic (exact) mass is 294 g/mol. The van der Waals surface area contributed by atoms with Gasteiger partial charge in [-0.2, -0.15) is 0 Å². The van der Waals surface area contributed by atoms with Crippen molar-refractivity contribution >= 4 is 16.7 Å². The van der Waals surface area contributed by atoms with Gasteiger partial charge in [-0.05, 0) is 25.5 Å². The summed E-state index contributed by atoms with van der Waals surface area (Å²) in [6, 6.07) is 2.49. The number of H-pyrrole nitrogens is 1. The molecule has 3 aromatic heterocycles. The first-order valence-electron chi connectivity index (χ1n) is 7.60. The number of anilines is 1. The van der Waals surface area contributed by atoms with Crippen molar-refractivity contribution in [1.29, 1.82) is 0 Å². The van der Waals surface area contributed by atoms with Crippen molar-refractivity contribution < 1.29 is 0 Å². The molecule has 3 aromatic rings. The molecule has 0 amide bonds. The van der Waals surface area contributed by atoms with Gasteiger partial charge in [-0.1, -0.05) is 0 Å². The highest BCUT2D eigenvalue weighted by molar-refractivity contribution is 6.02. The largest absolute Gasteiger partial charge is 0.380 e. The Morgan fingerprint density at radius 2 is 2.14 bits per heavy atom. The molecule has 4 rings (SSSR count). The van der Waals surface area contributed by atoms with E-state index in [1.807, 2.05) is 30.9 Å². The Bertz CT molecular complexity index is 761. The van der Waals surface area contributed by atoms with Crippen molar-refractivity contribution in [3.63, 3.8) is 0 Å². The van der Waals surface area contributed by atoms with Crippen molar-refractivity contribution in [2.24, 2.45) is 0 Å². The third-order valence-electron chi connectivity index (χ3n) is 4.10. The van der Waals surface area contributed by atoms with Gasteiger partial charge in [-0.15, -0.1) is 0 Å². The van der Waals surface area contributed by atoms with E-state index in [1.54, 1.807) is 6.33 Å². The predicted octanol–water partition coefficient (Wildman–Crippen LogP) is 2.18. The summed E-state index contributed by atoms with van der Waals surface area (Å²) in [5, 5.41) is 8.19. The van der Waals surface area contributed by atoms with E-state index >= 15 is 0 Å². The number of hydrogen-bond donors (Lipinski definition) is 3. The van der Waals surface area contributed by atoms with Gasteiger partial charge >= 0.3 is 0 Å². The number of piperidine rings is 1. The van der Waals surface area contributed by atoms with Gasteiger partial charge in [0.2, 0.25) is 0 Å². The molecule has 0 unspecified atom stereocenters. The summed E-state index contributed by atoms with van der Waals surface area (Å²) < 4.78 is 0. The highest BCUT2D eigenvalue weighted by atomic mass is 15.0. The van der Waals surface area contributed by atoms with E-state index in [4.69, 9.17) is 0 Å². The maximum atomic E-state index is 4.43. The quantitative estimate of drug-likeness (QED) is 0.690. The number of pyridine rings is 1. The molecule has 6 nitrogen and oxygen atoms in total. The average molecular weight is 294 g/mol. The molecule has 0 aliphatic carbocycles. The minimum Gasteiger partial charge on any atom is -0.380 e. The molecule has 3 N–H and O–H groups in total. The van der Waals surface area contributed by atoms with Crippen LogP contribution in [0.4, 0.5) is 5.69 Å². The summed E-state index contributed by atoms with van der Waals surface area (Å²) in [5.41, 5.74) is 4.06. The molecule has 1 aliphatic heterocycles. The van der Waals surface area contributed by atoms with Gasteiger partial charge in [0, 0.05) is 59.6 Å². The van der Waals surface area contributed by atoms with Crippen LogP contribution >= 0.6 is 0 Å². The summed E-state index contributed by atoms with van der Waals surface area (Å²) in [7, 11) is 0. The second-order valence-corrected chi connectivity index (χ2v) is 5.60. The molecule has 112 valence electrons. The second kappa shape index (κ2) is 5.73. The van der Waals surface area contributed by atoms with E-state index in [0.29, 0.717) is 6.04 Å². The van der Waals surface area contributed by atoms with E-state index in [2.05, 4.69) is 30.6 Å². The summed E-state index contributed by atoms with van der Waals surface area (Å²) in [6.45, 7) is 2.11. The molecule has 0 bridgehead atoms. The molecule has 0 spiro atoms. The van der Waals surface area contributed by atoms with E-state index in [0.717, 1.165) is 40.9 Å². The fourth-order valence-electron chi connectivity index (χ4n) is 3.04. The van der Waals surface area contributed by atoms with Crippen LogP contribution in [0.15, 0.2) is 37.2 Å². The Labute approximate surface area is 128 Å². The van der Waals surface area contributed by atoms with Crippen LogP contribution < -0.4 is 10.6 Å². The lowest BCUT2D eigenvalue weighted by Crippen LogP contribution is -2.38. The number of rotatable bonds is 3. The van der Waals surface area contributed by atoms with E-state index in [-0.39, 0.29) is 0 Å². The van der Waals surface area contributed by atoms with Crippen LogP contribution in [0.3, 0.4) is 0 Å². The first-order chi connectivity index (χ1) is 10.9. The normalized spacial score (nSPS) is 18.5. The maximum absolute atomic E-state index is 4.43. The Morgan fingerprint density at radius 3 is 2.95 bits per heavy atom. The van der Waals surface area contributed by atoms with Crippen molar-refractivity contribution in [2.45, 2.75) is 18.9 Å². The number of hydrogen-bond acceptors (Lipinski definition) is 5. The lowest BCUT2D eigenvalue weighted by atomic mass is 10.1. The Kier molecular flexibility index (Phi) is 3.44. The van der Waals surface area contributed by atoms with Gasteiger partial charge in [0.05, 0.1) is 0 Å². The topological polar surface area (TPSA) is 78.5 Å². The molecule has 1 atom stereocenters. The number of aromatic amines is 1. The van der Waals surface area contributed by atoms with Crippen molar-refractivity contribution in [3.8, 4) is 11.1 Å². The van der Waals surface area contributed by atoms with Crippen LogP contribution in [0, 0.1) is 0 Å². The molecule has 0 saturated carbocycles. The number of fused-ring (bicyclic) bond motifs is 1. The number of nitrogens with zero attached hydrogens (tertiary/aromatic N) is 3. The van der Waals surface area contributed by atoms with Gasteiger partial charge in [-0.3, -0.25) is 0 Å². The summed E-state index contributed by atoms with van der Waals surface area (Å²) in [4.78, 5) is 15.9. The first kappa shape index (κ1) is 13.2. The van der Waals surface area contributed by atoms with Crippen LogP contribution in [0.25, 0.3) is 22.2 Å². The third kappa shape index (κ3) is 2.42. The first-order valence-corrected chi connectivity index (χ1v) is 7.60. The van der Waals surface area contributed by atoms with Gasteiger partial charge in [-0.25, -0.2) is 15.0 Å². The summed E-state index contributed by atoms with van der Waals surface area (Å²) in [6.07, 6.45) is 11.4. The van der Waals surface area contributed by atoms with Crippen molar-refractivity contribution in [1.82, 2.24) is 25.3 Å². The zero-order chi connectivity index (χ0) is 14.8. The molecule has 1 fully saturated rings.